The van der Waals surface area contributed by atoms with Crippen molar-refractivity contribution in [1.29, 1.82) is 0 Å². The highest BCUT2D eigenvalue weighted by atomic mass is 16.6. The van der Waals surface area contributed by atoms with E-state index in [1.807, 2.05) is 0 Å². The molecule has 83 heavy (non-hydrogen) atoms. The van der Waals surface area contributed by atoms with Crippen LogP contribution in [0.3, 0.4) is 0 Å². The number of allylic oxidation sites excluding steroid dienone is 26. The third-order valence-corrected chi connectivity index (χ3v) is 14.0. The summed E-state index contributed by atoms with van der Waals surface area (Å²) >= 11 is 0. The summed E-state index contributed by atoms with van der Waals surface area (Å²) in [6.07, 6.45) is 101. The highest BCUT2D eigenvalue weighted by molar-refractivity contribution is 5.71. The lowest BCUT2D eigenvalue weighted by Gasteiger charge is -2.18. The molecule has 0 aromatic rings. The molecule has 0 aliphatic rings. The normalized spacial score (nSPS) is 13.1. The Kier molecular flexibility index (Phi) is 65.4. The minimum Gasteiger partial charge on any atom is -0.462 e. The highest BCUT2D eigenvalue weighted by Gasteiger charge is 2.19. The lowest BCUT2D eigenvalue weighted by atomic mass is 10.1. The Labute approximate surface area is 511 Å². The first kappa shape index (κ1) is 78.0. The van der Waals surface area contributed by atoms with E-state index in [1.165, 1.54) is 70.6 Å². The summed E-state index contributed by atoms with van der Waals surface area (Å²) in [7, 11) is 0. The van der Waals surface area contributed by atoms with Crippen molar-refractivity contribution in [2.24, 2.45) is 0 Å². The minimum atomic E-state index is -0.811. The van der Waals surface area contributed by atoms with Crippen LogP contribution in [0.1, 0.15) is 290 Å². The molecule has 0 fully saturated rings. The quantitative estimate of drug-likeness (QED) is 0.0261. The SMILES string of the molecule is CC/C=C\C/C=C\C/C=C\C/C=C\C/C=C\CCCCCCCC(=O)OCC(COC(=O)CCCCCCCCCC/C=C\C/C=C\C/C=C\CCCCCCC)OC(=O)CCCCCCC/C=C\C/C=C\C/C=C\C/C=C\C/C=C\CC. The van der Waals surface area contributed by atoms with Gasteiger partial charge in [-0.1, -0.05) is 281 Å². The van der Waals surface area contributed by atoms with E-state index in [0.717, 1.165) is 180 Å². The van der Waals surface area contributed by atoms with Gasteiger partial charge in [0.1, 0.15) is 13.2 Å². The van der Waals surface area contributed by atoms with Gasteiger partial charge in [-0.2, -0.15) is 0 Å². The Morgan fingerprint density at radius 1 is 0.253 bits per heavy atom. The molecule has 0 N–H and O–H groups in total. The van der Waals surface area contributed by atoms with Gasteiger partial charge in [0.25, 0.3) is 0 Å². The van der Waals surface area contributed by atoms with Gasteiger partial charge < -0.3 is 14.2 Å². The summed E-state index contributed by atoms with van der Waals surface area (Å²) in [5.74, 6) is -0.946. The summed E-state index contributed by atoms with van der Waals surface area (Å²) < 4.78 is 16.9. The molecule has 0 heterocycles. The van der Waals surface area contributed by atoms with E-state index < -0.39 is 6.10 Å². The average Bonchev–Trinajstić information content (AvgIpc) is 3.49. The largest absolute Gasteiger partial charge is 0.462 e. The fraction of sp³-hybridized carbons (Fsp3) is 0.623. The molecule has 0 rings (SSSR count). The smallest absolute Gasteiger partial charge is 0.306 e. The topological polar surface area (TPSA) is 78.9 Å². The molecule has 0 amide bonds. The van der Waals surface area contributed by atoms with Gasteiger partial charge in [-0.25, -0.2) is 0 Å². The van der Waals surface area contributed by atoms with E-state index in [4.69, 9.17) is 14.2 Å². The maximum absolute atomic E-state index is 13.0. The summed E-state index contributed by atoms with van der Waals surface area (Å²) in [5, 5.41) is 0. The fourth-order valence-electron chi connectivity index (χ4n) is 8.97. The van der Waals surface area contributed by atoms with Gasteiger partial charge in [0.2, 0.25) is 0 Å². The van der Waals surface area contributed by atoms with Gasteiger partial charge in [-0.3, -0.25) is 14.4 Å². The molecule has 0 aromatic heterocycles. The second kappa shape index (κ2) is 69.5. The number of carbonyl (C=O) groups excluding carboxylic acids is 3. The van der Waals surface area contributed by atoms with Gasteiger partial charge in [0.05, 0.1) is 0 Å². The molecule has 0 spiro atoms. The first-order chi connectivity index (χ1) is 41.0. The van der Waals surface area contributed by atoms with Crippen molar-refractivity contribution in [1.82, 2.24) is 0 Å². The highest BCUT2D eigenvalue weighted by Crippen LogP contribution is 2.15. The number of ether oxygens (including phenoxy) is 3. The van der Waals surface area contributed by atoms with Crippen LogP contribution in [0.5, 0.6) is 0 Å². The lowest BCUT2D eigenvalue weighted by Crippen LogP contribution is -2.30. The monoisotopic (exact) mass is 1140 g/mol. The molecule has 0 aliphatic heterocycles. The van der Waals surface area contributed by atoms with Crippen LogP contribution < -0.4 is 0 Å². The van der Waals surface area contributed by atoms with Gasteiger partial charge in [-0.15, -0.1) is 0 Å². The zero-order chi connectivity index (χ0) is 59.9. The third kappa shape index (κ3) is 67.7. The van der Waals surface area contributed by atoms with E-state index in [1.54, 1.807) is 0 Å². The zero-order valence-electron chi connectivity index (χ0n) is 53.7. The van der Waals surface area contributed by atoms with Gasteiger partial charge in [0, 0.05) is 19.3 Å². The first-order valence-electron chi connectivity index (χ1n) is 34.0. The van der Waals surface area contributed by atoms with Crippen molar-refractivity contribution in [3.8, 4) is 0 Å². The number of rotatable bonds is 60. The van der Waals surface area contributed by atoms with E-state index in [2.05, 4.69) is 179 Å². The van der Waals surface area contributed by atoms with Crippen LogP contribution in [0.2, 0.25) is 0 Å². The van der Waals surface area contributed by atoms with E-state index in [9.17, 15) is 14.4 Å². The fourth-order valence-corrected chi connectivity index (χ4v) is 8.97. The number of hydrogen-bond acceptors (Lipinski definition) is 6. The molecule has 6 nitrogen and oxygen atoms in total. The molecule has 0 saturated heterocycles. The van der Waals surface area contributed by atoms with Crippen molar-refractivity contribution in [3.05, 3.63) is 158 Å². The van der Waals surface area contributed by atoms with E-state index in [-0.39, 0.29) is 31.1 Å². The van der Waals surface area contributed by atoms with Crippen molar-refractivity contribution in [2.45, 2.75) is 297 Å². The molecule has 0 saturated carbocycles. The molecule has 6 heteroatoms. The van der Waals surface area contributed by atoms with Gasteiger partial charge in [-0.05, 0) is 148 Å². The van der Waals surface area contributed by atoms with E-state index >= 15 is 0 Å². The van der Waals surface area contributed by atoms with Crippen molar-refractivity contribution >= 4 is 17.9 Å². The molecular weight excluding hydrogens is 1020 g/mol. The molecule has 1 unspecified atom stereocenters. The van der Waals surface area contributed by atoms with Crippen LogP contribution in [0.15, 0.2) is 158 Å². The Balaban J connectivity index is 4.51. The predicted molar refractivity (Wildman–Crippen MR) is 362 cm³/mol. The summed E-state index contributed by atoms with van der Waals surface area (Å²) in [6.45, 7) is 6.37. The Morgan fingerprint density at radius 3 is 0.735 bits per heavy atom. The summed E-state index contributed by atoms with van der Waals surface area (Å²) in [5.41, 5.74) is 0. The number of esters is 3. The standard InChI is InChI=1S/C77H124O6/c1-4-7-10-13-16-19-22-25-28-31-34-37-38-41-43-46-49-52-55-58-61-64-67-70-76(79)82-73-74(83-77(80)71-68-65-62-59-56-53-50-47-44-40-36-33-30-27-24-21-18-15-12-9-6-3)72-81-75(78)69-66-63-60-57-54-51-48-45-42-39-35-32-29-26-23-20-17-14-11-8-5-2/h8-9,11-12,17-18,20-22,25-27,29-31,34-36,38-41,45,47-48,50,74H,4-7,10,13-16,19,23-24,28,32-33,37,42-44,46,49,51-73H2,1-3H3/b11-8-,12-9-,20-17-,21-18-,25-22-,29-26-,30-27-,34-31-,39-35-,40-36-,41-38-,48-45-,50-47-. The second-order valence-electron chi connectivity index (χ2n) is 22.0. The van der Waals surface area contributed by atoms with Gasteiger partial charge >= 0.3 is 17.9 Å². The predicted octanol–water partition coefficient (Wildman–Crippen LogP) is 23.7. The lowest BCUT2D eigenvalue weighted by molar-refractivity contribution is -0.167. The molecule has 0 bridgehead atoms. The maximum Gasteiger partial charge on any atom is 0.306 e. The summed E-state index contributed by atoms with van der Waals surface area (Å²) in [4.78, 5) is 38.5. The van der Waals surface area contributed by atoms with Crippen LogP contribution in [0, 0.1) is 0 Å². The number of unbranched alkanes of at least 4 members (excludes halogenated alkanes) is 23. The molecular formula is C77H124O6. The zero-order valence-corrected chi connectivity index (χ0v) is 53.7. The maximum atomic E-state index is 13.0. The molecule has 0 radical (unpaired) electrons. The number of hydrogen-bond donors (Lipinski definition) is 0. The van der Waals surface area contributed by atoms with Crippen molar-refractivity contribution in [3.63, 3.8) is 0 Å². The van der Waals surface area contributed by atoms with Crippen molar-refractivity contribution in [2.75, 3.05) is 13.2 Å². The Bertz CT molecular complexity index is 1840. The third-order valence-electron chi connectivity index (χ3n) is 14.0. The van der Waals surface area contributed by atoms with Crippen LogP contribution in [0.4, 0.5) is 0 Å². The van der Waals surface area contributed by atoms with Crippen LogP contribution in [-0.4, -0.2) is 37.2 Å². The molecule has 0 aromatic carbocycles. The summed E-state index contributed by atoms with van der Waals surface area (Å²) in [6, 6.07) is 0. The van der Waals surface area contributed by atoms with E-state index in [0.29, 0.717) is 19.3 Å². The minimum absolute atomic E-state index is 0.103. The van der Waals surface area contributed by atoms with Gasteiger partial charge in [0.15, 0.2) is 6.10 Å². The van der Waals surface area contributed by atoms with Crippen LogP contribution in [0.25, 0.3) is 0 Å². The Morgan fingerprint density at radius 2 is 0.470 bits per heavy atom. The number of carbonyl (C=O) groups is 3. The van der Waals surface area contributed by atoms with Crippen LogP contribution >= 0.6 is 0 Å². The molecule has 1 atom stereocenters. The Hall–Kier alpha value is -4.97. The van der Waals surface area contributed by atoms with Crippen LogP contribution in [-0.2, 0) is 28.6 Å². The molecule has 468 valence electrons. The first-order valence-corrected chi connectivity index (χ1v) is 34.0. The van der Waals surface area contributed by atoms with Crippen molar-refractivity contribution < 1.29 is 28.6 Å². The average molecular weight is 1150 g/mol. The second-order valence-corrected chi connectivity index (χ2v) is 22.0. The molecule has 0 aliphatic carbocycles.